The summed E-state index contributed by atoms with van der Waals surface area (Å²) < 4.78 is 13.4. The molecular formula is C23H30N6O2. The zero-order valence-corrected chi connectivity index (χ0v) is 18.8. The number of nitrogens with one attached hydrogen (secondary N) is 2. The number of aromatic nitrogens is 3. The third kappa shape index (κ3) is 5.75. The molecule has 0 saturated carbocycles. The Bertz CT molecular complexity index is 1030. The molecule has 0 bridgehead atoms. The molecule has 1 aromatic carbocycles. The van der Waals surface area contributed by atoms with E-state index in [2.05, 4.69) is 32.6 Å². The van der Waals surface area contributed by atoms with Crippen LogP contribution >= 0.6 is 0 Å². The van der Waals surface area contributed by atoms with Gasteiger partial charge < -0.3 is 20.1 Å². The lowest BCUT2D eigenvalue weighted by Crippen LogP contribution is -2.36. The molecule has 0 amide bonds. The Hall–Kier alpha value is -3.55. The number of nitrogens with zero attached hydrogens (tertiary/aromatic N) is 4. The summed E-state index contributed by atoms with van der Waals surface area (Å²) in [6, 6.07) is 11.4. The van der Waals surface area contributed by atoms with Gasteiger partial charge in [0, 0.05) is 50.7 Å². The zero-order valence-electron chi connectivity index (χ0n) is 18.8. The minimum absolute atomic E-state index is 0.515. The highest BCUT2D eigenvalue weighted by Gasteiger charge is 2.10. The monoisotopic (exact) mass is 422 g/mol. The number of aryl methyl sites for hydroxylation is 2. The lowest BCUT2D eigenvalue weighted by molar-refractivity contribution is 0.319. The van der Waals surface area contributed by atoms with E-state index in [1.165, 1.54) is 5.56 Å². The third-order valence-electron chi connectivity index (χ3n) is 4.94. The van der Waals surface area contributed by atoms with E-state index in [0.717, 1.165) is 17.0 Å². The van der Waals surface area contributed by atoms with E-state index in [4.69, 9.17) is 9.47 Å². The van der Waals surface area contributed by atoms with Crippen molar-refractivity contribution in [2.75, 3.05) is 13.7 Å². The number of para-hydroxylation sites is 2. The van der Waals surface area contributed by atoms with Crippen LogP contribution in [0.3, 0.4) is 0 Å². The van der Waals surface area contributed by atoms with Gasteiger partial charge in [-0.2, -0.15) is 5.10 Å². The van der Waals surface area contributed by atoms with Gasteiger partial charge in [0.1, 0.15) is 0 Å². The van der Waals surface area contributed by atoms with Crippen LogP contribution in [0.2, 0.25) is 0 Å². The summed E-state index contributed by atoms with van der Waals surface area (Å²) in [5.74, 6) is 2.58. The van der Waals surface area contributed by atoms with E-state index in [1.54, 1.807) is 13.2 Å². The van der Waals surface area contributed by atoms with Gasteiger partial charge in [-0.1, -0.05) is 18.2 Å². The molecule has 0 spiro atoms. The average molecular weight is 423 g/mol. The summed E-state index contributed by atoms with van der Waals surface area (Å²) in [6.07, 6.45) is 1.79. The molecule has 2 aromatic heterocycles. The van der Waals surface area contributed by atoms with Crippen LogP contribution in [0.25, 0.3) is 0 Å². The first kappa shape index (κ1) is 22.1. The number of hydrogen-bond acceptors (Lipinski definition) is 5. The standard InChI is InChI=1S/C23H30N6O2/c1-6-30-20-9-7-8-10-21(20)31-22-12-11-18(13-25-22)14-26-23(24-4)27-15-19-16(2)28-29(5)17(19)3/h7-13H,6,14-15H2,1-5H3,(H2,24,26,27). The van der Waals surface area contributed by atoms with Gasteiger partial charge in [0.15, 0.2) is 17.5 Å². The number of ether oxygens (including phenoxy) is 2. The van der Waals surface area contributed by atoms with Crippen LogP contribution in [-0.2, 0) is 20.1 Å². The van der Waals surface area contributed by atoms with E-state index < -0.39 is 0 Å². The highest BCUT2D eigenvalue weighted by molar-refractivity contribution is 5.79. The number of aliphatic imine (C=N–C) groups is 1. The second kappa shape index (κ2) is 10.5. The zero-order chi connectivity index (χ0) is 22.2. The van der Waals surface area contributed by atoms with Crippen molar-refractivity contribution in [3.63, 3.8) is 0 Å². The minimum Gasteiger partial charge on any atom is -0.490 e. The first-order valence-electron chi connectivity index (χ1n) is 10.3. The molecule has 164 valence electrons. The highest BCUT2D eigenvalue weighted by atomic mass is 16.5. The lowest BCUT2D eigenvalue weighted by atomic mass is 10.2. The maximum Gasteiger partial charge on any atom is 0.219 e. The predicted octanol–water partition coefficient (Wildman–Crippen LogP) is 3.49. The Kier molecular flexibility index (Phi) is 7.48. The Morgan fingerprint density at radius 3 is 2.42 bits per heavy atom. The van der Waals surface area contributed by atoms with Crippen molar-refractivity contribution in [3.05, 3.63) is 65.1 Å². The molecule has 0 aliphatic carbocycles. The SMILES string of the molecule is CCOc1ccccc1Oc1ccc(CNC(=NC)NCc2c(C)nn(C)c2C)cn1. The average Bonchev–Trinajstić information content (AvgIpc) is 3.02. The minimum atomic E-state index is 0.515. The summed E-state index contributed by atoms with van der Waals surface area (Å²) in [5, 5.41) is 11.1. The predicted molar refractivity (Wildman–Crippen MR) is 122 cm³/mol. The van der Waals surface area contributed by atoms with Gasteiger partial charge in [0.2, 0.25) is 5.88 Å². The molecule has 0 aliphatic rings. The molecule has 0 atom stereocenters. The Morgan fingerprint density at radius 2 is 1.81 bits per heavy atom. The van der Waals surface area contributed by atoms with E-state index in [9.17, 15) is 0 Å². The number of pyridine rings is 1. The third-order valence-corrected chi connectivity index (χ3v) is 4.94. The smallest absolute Gasteiger partial charge is 0.219 e. The van der Waals surface area contributed by atoms with Gasteiger partial charge in [-0.05, 0) is 38.5 Å². The van der Waals surface area contributed by atoms with Crippen LogP contribution in [0.15, 0.2) is 47.6 Å². The van der Waals surface area contributed by atoms with E-state index >= 15 is 0 Å². The normalized spacial score (nSPS) is 11.3. The maximum atomic E-state index is 5.88. The molecular weight excluding hydrogens is 392 g/mol. The molecule has 31 heavy (non-hydrogen) atoms. The highest BCUT2D eigenvalue weighted by Crippen LogP contribution is 2.30. The van der Waals surface area contributed by atoms with Crippen LogP contribution in [0, 0.1) is 13.8 Å². The van der Waals surface area contributed by atoms with Gasteiger partial charge in [0.25, 0.3) is 0 Å². The number of benzene rings is 1. The first-order valence-corrected chi connectivity index (χ1v) is 10.3. The topological polar surface area (TPSA) is 85.6 Å². The fraction of sp³-hybridized carbons (Fsp3) is 0.348. The van der Waals surface area contributed by atoms with Gasteiger partial charge in [-0.3, -0.25) is 9.67 Å². The van der Waals surface area contributed by atoms with Crippen LogP contribution in [0.4, 0.5) is 0 Å². The quantitative estimate of drug-likeness (QED) is 0.427. The van der Waals surface area contributed by atoms with Gasteiger partial charge >= 0.3 is 0 Å². The van der Waals surface area contributed by atoms with Crippen LogP contribution in [0.1, 0.15) is 29.4 Å². The van der Waals surface area contributed by atoms with Crippen molar-refractivity contribution in [3.8, 4) is 17.4 Å². The molecule has 0 saturated heterocycles. The second-order valence-corrected chi connectivity index (χ2v) is 7.04. The van der Waals surface area contributed by atoms with Crippen LogP contribution in [0.5, 0.6) is 17.4 Å². The Labute approximate surface area is 183 Å². The van der Waals surface area contributed by atoms with Crippen molar-refractivity contribution >= 4 is 5.96 Å². The largest absolute Gasteiger partial charge is 0.490 e. The van der Waals surface area contributed by atoms with Crippen LogP contribution < -0.4 is 20.1 Å². The van der Waals surface area contributed by atoms with Crippen molar-refractivity contribution < 1.29 is 9.47 Å². The molecule has 8 nitrogen and oxygen atoms in total. The molecule has 2 N–H and O–H groups in total. The Morgan fingerprint density at radius 1 is 1.06 bits per heavy atom. The van der Waals surface area contributed by atoms with Crippen molar-refractivity contribution in [2.24, 2.45) is 12.0 Å². The number of rotatable bonds is 8. The fourth-order valence-corrected chi connectivity index (χ4v) is 3.15. The van der Waals surface area contributed by atoms with E-state index in [0.29, 0.717) is 43.0 Å². The molecule has 0 fully saturated rings. The second-order valence-electron chi connectivity index (χ2n) is 7.04. The molecule has 2 heterocycles. The fourth-order valence-electron chi connectivity index (χ4n) is 3.15. The van der Waals surface area contributed by atoms with Gasteiger partial charge in [-0.15, -0.1) is 0 Å². The van der Waals surface area contributed by atoms with Crippen molar-refractivity contribution in [1.82, 2.24) is 25.4 Å². The number of hydrogen-bond donors (Lipinski definition) is 2. The van der Waals surface area contributed by atoms with Gasteiger partial charge in [0.05, 0.1) is 12.3 Å². The summed E-state index contributed by atoms with van der Waals surface area (Å²) >= 11 is 0. The maximum absolute atomic E-state index is 5.88. The van der Waals surface area contributed by atoms with Crippen LogP contribution in [-0.4, -0.2) is 34.4 Å². The molecule has 8 heteroatoms. The summed E-state index contributed by atoms with van der Waals surface area (Å²) in [5.41, 5.74) is 4.36. The van der Waals surface area contributed by atoms with Crippen molar-refractivity contribution in [2.45, 2.75) is 33.9 Å². The summed E-state index contributed by atoms with van der Waals surface area (Å²) in [6.45, 7) is 7.85. The first-order chi connectivity index (χ1) is 15.0. The molecule has 0 unspecified atom stereocenters. The number of guanidine groups is 1. The lowest BCUT2D eigenvalue weighted by Gasteiger charge is -2.13. The van der Waals surface area contributed by atoms with E-state index in [-0.39, 0.29) is 0 Å². The van der Waals surface area contributed by atoms with Crippen molar-refractivity contribution in [1.29, 1.82) is 0 Å². The molecule has 0 aliphatic heterocycles. The molecule has 3 aromatic rings. The van der Waals surface area contributed by atoms with Gasteiger partial charge in [-0.25, -0.2) is 4.98 Å². The Balaban J connectivity index is 1.54. The summed E-state index contributed by atoms with van der Waals surface area (Å²) in [7, 11) is 3.71. The molecule has 3 rings (SSSR count). The summed E-state index contributed by atoms with van der Waals surface area (Å²) in [4.78, 5) is 8.70. The molecule has 0 radical (unpaired) electrons. The van der Waals surface area contributed by atoms with E-state index in [1.807, 2.05) is 62.0 Å².